The largest absolute Gasteiger partial charge is 0.493 e. The first kappa shape index (κ1) is 14.1. The van der Waals surface area contributed by atoms with Crippen molar-refractivity contribution in [2.24, 2.45) is 5.73 Å². The molecule has 1 unspecified atom stereocenters. The minimum atomic E-state index is -0.0904. The van der Waals surface area contributed by atoms with E-state index in [2.05, 4.69) is 36.4 Å². The maximum Gasteiger partial charge on any atom is 0.122 e. The molecular weight excluding hydrogens is 262 g/mol. The Kier molecular flexibility index (Phi) is 4.23. The fourth-order valence-electron chi connectivity index (χ4n) is 2.70. The van der Waals surface area contributed by atoms with Gasteiger partial charge in [0.25, 0.3) is 0 Å². The minimum Gasteiger partial charge on any atom is -0.493 e. The first-order chi connectivity index (χ1) is 10.3. The van der Waals surface area contributed by atoms with Crippen molar-refractivity contribution >= 4 is 0 Å². The van der Waals surface area contributed by atoms with Gasteiger partial charge in [-0.2, -0.15) is 0 Å². The third-order valence-electron chi connectivity index (χ3n) is 4.01. The molecule has 1 aliphatic rings. The van der Waals surface area contributed by atoms with E-state index in [-0.39, 0.29) is 6.04 Å². The highest BCUT2D eigenvalue weighted by Crippen LogP contribution is 2.29. The van der Waals surface area contributed by atoms with Crippen LogP contribution in [0.3, 0.4) is 0 Å². The van der Waals surface area contributed by atoms with Crippen LogP contribution in [0.4, 0.5) is 0 Å². The number of rotatable bonds is 5. The van der Waals surface area contributed by atoms with Crippen LogP contribution >= 0.6 is 0 Å². The second kappa shape index (κ2) is 6.29. The molecule has 0 radical (unpaired) electrons. The van der Waals surface area contributed by atoms with E-state index in [0.29, 0.717) is 0 Å². The van der Waals surface area contributed by atoms with Crippen LogP contribution in [0.25, 0.3) is 0 Å². The first-order valence-electron chi connectivity index (χ1n) is 7.37. The summed E-state index contributed by atoms with van der Waals surface area (Å²) < 4.78 is 10.6. The third-order valence-corrected chi connectivity index (χ3v) is 4.01. The Morgan fingerprint density at radius 1 is 1.14 bits per heavy atom. The molecule has 0 fully saturated rings. The van der Waals surface area contributed by atoms with Crippen LogP contribution in [0.1, 0.15) is 28.3 Å². The standard InChI is InChI=1S/C18H21NO2/c1-20-10-8-13-2-4-14(5-3-13)18(19)16-6-7-17-15(12-16)9-11-21-17/h2-7,12,18H,8-11,19H2,1H3. The van der Waals surface area contributed by atoms with Crippen LogP contribution in [0, 0.1) is 0 Å². The number of ether oxygens (including phenoxy) is 2. The molecule has 1 atom stereocenters. The fourth-order valence-corrected chi connectivity index (χ4v) is 2.70. The zero-order valence-electron chi connectivity index (χ0n) is 12.3. The lowest BCUT2D eigenvalue weighted by Gasteiger charge is -2.14. The van der Waals surface area contributed by atoms with Gasteiger partial charge in [-0.05, 0) is 34.7 Å². The molecule has 0 aromatic heterocycles. The smallest absolute Gasteiger partial charge is 0.122 e. The second-order valence-corrected chi connectivity index (χ2v) is 5.43. The topological polar surface area (TPSA) is 44.5 Å². The SMILES string of the molecule is COCCc1ccc(C(N)c2ccc3c(c2)CCO3)cc1. The van der Waals surface area contributed by atoms with Gasteiger partial charge in [-0.15, -0.1) is 0 Å². The Hall–Kier alpha value is -1.84. The van der Waals surface area contributed by atoms with Gasteiger partial charge in [-0.1, -0.05) is 36.4 Å². The molecule has 1 heterocycles. The van der Waals surface area contributed by atoms with E-state index in [4.69, 9.17) is 15.2 Å². The van der Waals surface area contributed by atoms with Crippen molar-refractivity contribution in [1.82, 2.24) is 0 Å². The molecule has 21 heavy (non-hydrogen) atoms. The zero-order valence-corrected chi connectivity index (χ0v) is 12.3. The lowest BCUT2D eigenvalue weighted by molar-refractivity contribution is 0.202. The molecule has 0 saturated carbocycles. The van der Waals surface area contributed by atoms with Crippen molar-refractivity contribution in [2.75, 3.05) is 20.3 Å². The fraction of sp³-hybridized carbons (Fsp3) is 0.333. The van der Waals surface area contributed by atoms with Crippen molar-refractivity contribution in [3.8, 4) is 5.75 Å². The van der Waals surface area contributed by atoms with Gasteiger partial charge >= 0.3 is 0 Å². The molecule has 110 valence electrons. The van der Waals surface area contributed by atoms with Crippen LogP contribution in [-0.2, 0) is 17.6 Å². The summed E-state index contributed by atoms with van der Waals surface area (Å²) in [5.74, 6) is 1.00. The van der Waals surface area contributed by atoms with Crippen LogP contribution in [0.5, 0.6) is 5.75 Å². The van der Waals surface area contributed by atoms with E-state index >= 15 is 0 Å². The molecular formula is C18H21NO2. The number of hydrogen-bond acceptors (Lipinski definition) is 3. The normalized spacial score (nSPS) is 14.6. The molecule has 0 amide bonds. The summed E-state index contributed by atoms with van der Waals surface area (Å²) in [5, 5.41) is 0. The molecule has 1 aliphatic heterocycles. The zero-order chi connectivity index (χ0) is 14.7. The minimum absolute atomic E-state index is 0.0904. The predicted octanol–water partition coefficient (Wildman–Crippen LogP) is 2.86. The van der Waals surface area contributed by atoms with Gasteiger partial charge in [0.2, 0.25) is 0 Å². The molecule has 0 spiro atoms. The quantitative estimate of drug-likeness (QED) is 0.917. The summed E-state index contributed by atoms with van der Waals surface area (Å²) >= 11 is 0. The van der Waals surface area contributed by atoms with Crippen LogP contribution in [0.2, 0.25) is 0 Å². The van der Waals surface area contributed by atoms with Crippen LogP contribution < -0.4 is 10.5 Å². The highest BCUT2D eigenvalue weighted by atomic mass is 16.5. The predicted molar refractivity (Wildman–Crippen MR) is 83.7 cm³/mol. The first-order valence-corrected chi connectivity index (χ1v) is 7.37. The molecule has 2 aromatic rings. The molecule has 0 aliphatic carbocycles. The average Bonchev–Trinajstić information content (AvgIpc) is 3.00. The summed E-state index contributed by atoms with van der Waals surface area (Å²) in [6.45, 7) is 1.53. The maximum absolute atomic E-state index is 6.40. The third kappa shape index (κ3) is 3.09. The van der Waals surface area contributed by atoms with Gasteiger partial charge in [0, 0.05) is 13.5 Å². The summed E-state index contributed by atoms with van der Waals surface area (Å²) in [6.07, 6.45) is 1.91. The number of benzene rings is 2. The summed E-state index contributed by atoms with van der Waals surface area (Å²) in [6, 6.07) is 14.7. The van der Waals surface area contributed by atoms with E-state index < -0.39 is 0 Å². The molecule has 0 bridgehead atoms. The van der Waals surface area contributed by atoms with Gasteiger partial charge in [-0.3, -0.25) is 0 Å². The highest BCUT2D eigenvalue weighted by Gasteiger charge is 2.15. The Morgan fingerprint density at radius 3 is 2.67 bits per heavy atom. The molecule has 2 N–H and O–H groups in total. The van der Waals surface area contributed by atoms with Gasteiger partial charge in [0.15, 0.2) is 0 Å². The Balaban J connectivity index is 1.76. The molecule has 3 rings (SSSR count). The van der Waals surface area contributed by atoms with E-state index in [1.165, 1.54) is 11.1 Å². The molecule has 3 nitrogen and oxygen atoms in total. The number of methoxy groups -OCH3 is 1. The number of nitrogens with two attached hydrogens (primary N) is 1. The second-order valence-electron chi connectivity index (χ2n) is 5.43. The number of fused-ring (bicyclic) bond motifs is 1. The van der Waals surface area contributed by atoms with E-state index in [1.807, 2.05) is 6.07 Å². The van der Waals surface area contributed by atoms with Crippen LogP contribution in [-0.4, -0.2) is 20.3 Å². The summed E-state index contributed by atoms with van der Waals surface area (Å²) in [4.78, 5) is 0. The Bertz CT molecular complexity index is 607. The van der Waals surface area contributed by atoms with E-state index in [0.717, 1.165) is 42.9 Å². The lowest BCUT2D eigenvalue weighted by Crippen LogP contribution is -2.12. The number of hydrogen-bond donors (Lipinski definition) is 1. The lowest BCUT2D eigenvalue weighted by atomic mass is 9.96. The van der Waals surface area contributed by atoms with Crippen molar-refractivity contribution in [2.45, 2.75) is 18.9 Å². The van der Waals surface area contributed by atoms with E-state index in [1.54, 1.807) is 7.11 Å². The van der Waals surface area contributed by atoms with Crippen molar-refractivity contribution < 1.29 is 9.47 Å². The average molecular weight is 283 g/mol. The van der Waals surface area contributed by atoms with Crippen molar-refractivity contribution in [3.63, 3.8) is 0 Å². The monoisotopic (exact) mass is 283 g/mol. The highest BCUT2D eigenvalue weighted by molar-refractivity contribution is 5.43. The Labute approximate surface area is 125 Å². The molecule has 3 heteroatoms. The van der Waals surface area contributed by atoms with Gasteiger partial charge in [0.05, 0.1) is 19.3 Å². The summed E-state index contributed by atoms with van der Waals surface area (Å²) in [5.41, 5.74) is 11.2. The van der Waals surface area contributed by atoms with Gasteiger partial charge in [0.1, 0.15) is 5.75 Å². The summed E-state index contributed by atoms with van der Waals surface area (Å²) in [7, 11) is 1.72. The van der Waals surface area contributed by atoms with Crippen molar-refractivity contribution in [3.05, 3.63) is 64.7 Å². The van der Waals surface area contributed by atoms with E-state index in [9.17, 15) is 0 Å². The van der Waals surface area contributed by atoms with Crippen molar-refractivity contribution in [1.29, 1.82) is 0 Å². The van der Waals surface area contributed by atoms with Gasteiger partial charge < -0.3 is 15.2 Å². The maximum atomic E-state index is 6.40. The Morgan fingerprint density at radius 2 is 1.90 bits per heavy atom. The van der Waals surface area contributed by atoms with Crippen LogP contribution in [0.15, 0.2) is 42.5 Å². The van der Waals surface area contributed by atoms with Gasteiger partial charge in [-0.25, -0.2) is 0 Å². The molecule has 2 aromatic carbocycles. The molecule has 0 saturated heterocycles.